The molecule has 2 nitrogen and oxygen atoms in total. The lowest BCUT2D eigenvalue weighted by Gasteiger charge is -2.21. The van der Waals surface area contributed by atoms with E-state index < -0.39 is 0 Å². The van der Waals surface area contributed by atoms with Gasteiger partial charge in [0.15, 0.2) is 0 Å². The molecule has 0 saturated carbocycles. The Bertz CT molecular complexity index is 210. The van der Waals surface area contributed by atoms with Gasteiger partial charge in [-0.25, -0.2) is 0 Å². The van der Waals surface area contributed by atoms with Crippen LogP contribution in [0, 0.1) is 5.92 Å². The lowest BCUT2D eigenvalue weighted by molar-refractivity contribution is 0.177. The van der Waals surface area contributed by atoms with E-state index in [1.165, 1.54) is 6.42 Å². The summed E-state index contributed by atoms with van der Waals surface area (Å²) in [5.74, 6) is 0.669. The standard InChI is InChI=1S/C11H20O2/c1-5-9(11(4)7-12-11)6-10(3)8(2)13-10/h8-9H,5-7H2,1-4H3. The molecule has 2 heteroatoms. The van der Waals surface area contributed by atoms with Crippen LogP contribution in [0.5, 0.6) is 0 Å². The summed E-state index contributed by atoms with van der Waals surface area (Å²) >= 11 is 0. The third-order valence-corrected chi connectivity index (χ3v) is 3.86. The lowest BCUT2D eigenvalue weighted by atomic mass is 9.83. The molecule has 0 aromatic heterocycles. The molecule has 2 aliphatic rings. The van der Waals surface area contributed by atoms with Crippen LogP contribution in [0.15, 0.2) is 0 Å². The molecule has 0 N–H and O–H groups in total. The van der Waals surface area contributed by atoms with Crippen molar-refractivity contribution in [2.75, 3.05) is 6.61 Å². The van der Waals surface area contributed by atoms with Crippen LogP contribution >= 0.6 is 0 Å². The molecule has 13 heavy (non-hydrogen) atoms. The first-order valence-electron chi connectivity index (χ1n) is 5.32. The number of hydrogen-bond donors (Lipinski definition) is 0. The average Bonchev–Trinajstić information content (AvgIpc) is 2.92. The van der Waals surface area contributed by atoms with Crippen molar-refractivity contribution in [1.82, 2.24) is 0 Å². The van der Waals surface area contributed by atoms with Gasteiger partial charge in [-0.15, -0.1) is 0 Å². The van der Waals surface area contributed by atoms with Gasteiger partial charge in [0, 0.05) is 0 Å². The maximum Gasteiger partial charge on any atom is 0.0921 e. The van der Waals surface area contributed by atoms with Crippen LogP contribution < -0.4 is 0 Å². The van der Waals surface area contributed by atoms with Gasteiger partial charge < -0.3 is 9.47 Å². The topological polar surface area (TPSA) is 25.1 Å². The molecule has 0 aliphatic carbocycles. The summed E-state index contributed by atoms with van der Waals surface area (Å²) < 4.78 is 11.1. The van der Waals surface area contributed by atoms with Crippen LogP contribution in [0.3, 0.4) is 0 Å². The monoisotopic (exact) mass is 184 g/mol. The summed E-state index contributed by atoms with van der Waals surface area (Å²) in [6.07, 6.45) is 2.80. The molecule has 2 aliphatic heterocycles. The second kappa shape index (κ2) is 2.71. The Morgan fingerprint density at radius 1 is 1.46 bits per heavy atom. The van der Waals surface area contributed by atoms with Gasteiger partial charge in [0.25, 0.3) is 0 Å². The van der Waals surface area contributed by atoms with Crippen LogP contribution in [-0.2, 0) is 9.47 Å². The fourth-order valence-corrected chi connectivity index (χ4v) is 2.21. The fraction of sp³-hybridized carbons (Fsp3) is 1.00. The highest BCUT2D eigenvalue weighted by Crippen LogP contribution is 2.48. The van der Waals surface area contributed by atoms with E-state index in [-0.39, 0.29) is 11.2 Å². The summed E-state index contributed by atoms with van der Waals surface area (Å²) in [5.41, 5.74) is 0.319. The quantitative estimate of drug-likeness (QED) is 0.627. The molecule has 2 fully saturated rings. The van der Waals surface area contributed by atoms with E-state index >= 15 is 0 Å². The van der Waals surface area contributed by atoms with E-state index in [2.05, 4.69) is 27.7 Å². The van der Waals surface area contributed by atoms with Crippen LogP contribution in [0.1, 0.15) is 40.5 Å². The van der Waals surface area contributed by atoms with Gasteiger partial charge in [-0.05, 0) is 33.1 Å². The van der Waals surface area contributed by atoms with Gasteiger partial charge >= 0.3 is 0 Å². The second-order valence-corrected chi connectivity index (χ2v) is 4.98. The highest BCUT2D eigenvalue weighted by atomic mass is 16.6. The molecular weight excluding hydrogens is 164 g/mol. The predicted octanol–water partition coefficient (Wildman–Crippen LogP) is 2.37. The van der Waals surface area contributed by atoms with Gasteiger partial charge in [0.2, 0.25) is 0 Å². The summed E-state index contributed by atoms with van der Waals surface area (Å²) in [6.45, 7) is 9.77. The molecule has 0 aromatic carbocycles. The van der Waals surface area contributed by atoms with Gasteiger partial charge in [0.1, 0.15) is 0 Å². The maximum absolute atomic E-state index is 5.60. The van der Waals surface area contributed by atoms with Gasteiger partial charge in [0.05, 0.1) is 23.9 Å². The normalized spacial score (nSPS) is 50.3. The molecule has 0 radical (unpaired) electrons. The number of rotatable bonds is 4. The molecule has 4 unspecified atom stereocenters. The summed E-state index contributed by atoms with van der Waals surface area (Å²) in [7, 11) is 0. The van der Waals surface area contributed by atoms with Gasteiger partial charge in [-0.3, -0.25) is 0 Å². The van der Waals surface area contributed by atoms with Crippen molar-refractivity contribution < 1.29 is 9.47 Å². The highest BCUT2D eigenvalue weighted by molar-refractivity contribution is 5.03. The molecule has 2 rings (SSSR count). The van der Waals surface area contributed by atoms with E-state index in [1.54, 1.807) is 0 Å². The summed E-state index contributed by atoms with van der Waals surface area (Å²) in [6, 6.07) is 0. The molecular formula is C11H20O2. The first kappa shape index (κ1) is 9.47. The Morgan fingerprint density at radius 3 is 2.31 bits per heavy atom. The van der Waals surface area contributed by atoms with Crippen LogP contribution in [0.2, 0.25) is 0 Å². The molecule has 2 saturated heterocycles. The third-order valence-electron chi connectivity index (χ3n) is 3.86. The SMILES string of the molecule is CCC(CC1(C)OC1C)C1(C)CO1. The van der Waals surface area contributed by atoms with Crippen LogP contribution in [-0.4, -0.2) is 23.9 Å². The molecule has 0 spiro atoms. The lowest BCUT2D eigenvalue weighted by Crippen LogP contribution is -2.26. The van der Waals surface area contributed by atoms with Crippen molar-refractivity contribution in [3.05, 3.63) is 0 Å². The Balaban J connectivity index is 1.92. The van der Waals surface area contributed by atoms with Crippen molar-refractivity contribution in [3.8, 4) is 0 Å². The Labute approximate surface area is 80.6 Å². The van der Waals surface area contributed by atoms with Crippen molar-refractivity contribution >= 4 is 0 Å². The van der Waals surface area contributed by atoms with Crippen molar-refractivity contribution in [2.45, 2.75) is 57.8 Å². The molecule has 0 amide bonds. The smallest absolute Gasteiger partial charge is 0.0921 e. The number of ether oxygens (including phenoxy) is 2. The zero-order valence-electron chi connectivity index (χ0n) is 9.09. The van der Waals surface area contributed by atoms with Crippen LogP contribution in [0.25, 0.3) is 0 Å². The average molecular weight is 184 g/mol. The Kier molecular flexibility index (Phi) is 1.97. The van der Waals surface area contributed by atoms with E-state index in [0.29, 0.717) is 12.0 Å². The van der Waals surface area contributed by atoms with E-state index in [9.17, 15) is 0 Å². The first-order chi connectivity index (χ1) is 6.00. The molecule has 4 atom stereocenters. The third kappa shape index (κ3) is 1.62. The molecule has 0 bridgehead atoms. The summed E-state index contributed by atoms with van der Waals surface area (Å²) in [5, 5.41) is 0. The largest absolute Gasteiger partial charge is 0.370 e. The second-order valence-electron chi connectivity index (χ2n) is 4.98. The fourth-order valence-electron chi connectivity index (χ4n) is 2.21. The number of epoxide rings is 2. The first-order valence-corrected chi connectivity index (χ1v) is 5.32. The van der Waals surface area contributed by atoms with Crippen molar-refractivity contribution in [2.24, 2.45) is 5.92 Å². The van der Waals surface area contributed by atoms with Gasteiger partial charge in [-0.1, -0.05) is 13.3 Å². The summed E-state index contributed by atoms with van der Waals surface area (Å²) in [4.78, 5) is 0. The van der Waals surface area contributed by atoms with E-state index in [0.717, 1.165) is 13.0 Å². The zero-order valence-corrected chi connectivity index (χ0v) is 9.09. The maximum atomic E-state index is 5.60. The predicted molar refractivity (Wildman–Crippen MR) is 51.7 cm³/mol. The highest BCUT2D eigenvalue weighted by Gasteiger charge is 2.55. The van der Waals surface area contributed by atoms with Crippen molar-refractivity contribution in [1.29, 1.82) is 0 Å². The molecule has 2 heterocycles. The molecule has 76 valence electrons. The Hall–Kier alpha value is -0.0800. The minimum atomic E-state index is 0.148. The minimum Gasteiger partial charge on any atom is -0.370 e. The van der Waals surface area contributed by atoms with E-state index in [4.69, 9.17) is 9.47 Å². The number of hydrogen-bond acceptors (Lipinski definition) is 2. The van der Waals surface area contributed by atoms with Crippen molar-refractivity contribution in [3.63, 3.8) is 0 Å². The van der Waals surface area contributed by atoms with E-state index in [1.807, 2.05) is 0 Å². The van der Waals surface area contributed by atoms with Crippen LogP contribution in [0.4, 0.5) is 0 Å². The minimum absolute atomic E-state index is 0.148. The molecule has 0 aromatic rings. The van der Waals surface area contributed by atoms with Gasteiger partial charge in [-0.2, -0.15) is 0 Å². The Morgan fingerprint density at radius 2 is 2.00 bits per heavy atom. The zero-order chi connectivity index (χ0) is 9.69.